The highest BCUT2D eigenvalue weighted by atomic mass is 35.5. The highest BCUT2D eigenvalue weighted by Crippen LogP contribution is 2.32. The maximum atomic E-state index is 5.93. The Bertz CT molecular complexity index is 715. The third kappa shape index (κ3) is 3.13. The van der Waals surface area contributed by atoms with Crippen LogP contribution in [0.25, 0.3) is 0 Å². The molecule has 2 aromatic rings. The second-order valence-corrected chi connectivity index (χ2v) is 7.16. The lowest BCUT2D eigenvalue weighted by molar-refractivity contribution is 0.110. The zero-order chi connectivity index (χ0) is 16.5. The fraction of sp³-hybridized carbons (Fsp3) is 0.588. The smallest absolute Gasteiger partial charge is 0.171 e. The molecule has 7 heteroatoms. The molecule has 1 unspecified atom stereocenters. The standard InChI is InChI=1S/C17H22ClN5O/c1-12-17-21-20-16(11-24-15-7-14(18)8-19-9-15)23(17)6-5-22(12)10-13-3-2-4-13/h7-9,12-13H,2-6,10-11H2,1H3. The lowest BCUT2D eigenvalue weighted by atomic mass is 9.84. The van der Waals surface area contributed by atoms with Gasteiger partial charge in [0.25, 0.3) is 0 Å². The predicted molar refractivity (Wildman–Crippen MR) is 90.9 cm³/mol. The van der Waals surface area contributed by atoms with Gasteiger partial charge in [0.1, 0.15) is 18.2 Å². The molecule has 0 radical (unpaired) electrons. The number of fused-ring (bicyclic) bond motifs is 1. The van der Waals surface area contributed by atoms with Gasteiger partial charge in [0.2, 0.25) is 0 Å². The Kier molecular flexibility index (Phi) is 4.41. The van der Waals surface area contributed by atoms with Gasteiger partial charge < -0.3 is 9.30 Å². The number of aromatic nitrogens is 4. The van der Waals surface area contributed by atoms with Crippen molar-refractivity contribution in [2.24, 2.45) is 5.92 Å². The van der Waals surface area contributed by atoms with Gasteiger partial charge in [0.15, 0.2) is 5.82 Å². The van der Waals surface area contributed by atoms with Gasteiger partial charge in [-0.1, -0.05) is 18.0 Å². The van der Waals surface area contributed by atoms with Crippen LogP contribution < -0.4 is 4.74 Å². The second-order valence-electron chi connectivity index (χ2n) is 6.72. The van der Waals surface area contributed by atoms with Crippen LogP contribution in [0.1, 0.15) is 43.9 Å². The van der Waals surface area contributed by atoms with Crippen LogP contribution in [0.15, 0.2) is 18.5 Å². The van der Waals surface area contributed by atoms with E-state index in [1.54, 1.807) is 18.5 Å². The van der Waals surface area contributed by atoms with E-state index in [-0.39, 0.29) is 0 Å². The van der Waals surface area contributed by atoms with Crippen molar-refractivity contribution in [3.8, 4) is 5.75 Å². The predicted octanol–water partition coefficient (Wildman–Crippen LogP) is 3.08. The molecule has 1 fully saturated rings. The zero-order valence-corrected chi connectivity index (χ0v) is 14.6. The molecular formula is C17H22ClN5O. The van der Waals surface area contributed by atoms with Gasteiger partial charge in [-0.25, -0.2) is 0 Å². The molecule has 0 aromatic carbocycles. The minimum Gasteiger partial charge on any atom is -0.484 e. The summed E-state index contributed by atoms with van der Waals surface area (Å²) < 4.78 is 7.96. The van der Waals surface area contributed by atoms with Crippen molar-refractivity contribution in [3.05, 3.63) is 35.1 Å². The average Bonchev–Trinajstić information content (AvgIpc) is 2.95. The number of rotatable bonds is 5. The molecule has 2 aliphatic rings. The number of hydrogen-bond acceptors (Lipinski definition) is 5. The number of nitrogens with zero attached hydrogens (tertiary/aromatic N) is 5. The summed E-state index contributed by atoms with van der Waals surface area (Å²) in [5.41, 5.74) is 0. The molecule has 1 aliphatic carbocycles. The molecule has 1 aliphatic heterocycles. The van der Waals surface area contributed by atoms with Gasteiger partial charge in [-0.3, -0.25) is 9.88 Å². The Balaban J connectivity index is 1.43. The van der Waals surface area contributed by atoms with E-state index in [1.807, 2.05) is 0 Å². The highest BCUT2D eigenvalue weighted by Gasteiger charge is 2.31. The molecule has 4 rings (SSSR count). The van der Waals surface area contributed by atoms with Crippen LogP contribution in [0.3, 0.4) is 0 Å². The van der Waals surface area contributed by atoms with Gasteiger partial charge in [0.05, 0.1) is 17.3 Å². The van der Waals surface area contributed by atoms with E-state index < -0.39 is 0 Å². The molecule has 0 spiro atoms. The molecule has 2 aromatic heterocycles. The van der Waals surface area contributed by atoms with Crippen molar-refractivity contribution in [3.63, 3.8) is 0 Å². The summed E-state index contributed by atoms with van der Waals surface area (Å²) in [4.78, 5) is 6.57. The summed E-state index contributed by atoms with van der Waals surface area (Å²) in [6, 6.07) is 2.07. The highest BCUT2D eigenvalue weighted by molar-refractivity contribution is 6.30. The summed E-state index contributed by atoms with van der Waals surface area (Å²) in [7, 11) is 0. The first kappa shape index (κ1) is 15.8. The van der Waals surface area contributed by atoms with Crippen molar-refractivity contribution in [2.75, 3.05) is 13.1 Å². The fourth-order valence-electron chi connectivity index (χ4n) is 3.47. The summed E-state index contributed by atoms with van der Waals surface area (Å²) in [5, 5.41) is 9.33. The van der Waals surface area contributed by atoms with Crippen LogP contribution in [0.5, 0.6) is 5.75 Å². The first-order valence-electron chi connectivity index (χ1n) is 8.60. The van der Waals surface area contributed by atoms with Crippen LogP contribution in [0.2, 0.25) is 5.02 Å². The molecule has 0 saturated heterocycles. The maximum Gasteiger partial charge on any atom is 0.171 e. The normalized spacial score (nSPS) is 21.3. The minimum absolute atomic E-state index is 0.313. The van der Waals surface area contributed by atoms with E-state index in [4.69, 9.17) is 16.3 Å². The van der Waals surface area contributed by atoms with E-state index >= 15 is 0 Å². The largest absolute Gasteiger partial charge is 0.484 e. The second kappa shape index (κ2) is 6.69. The average molecular weight is 348 g/mol. The lowest BCUT2D eigenvalue weighted by Gasteiger charge is -2.38. The molecule has 1 saturated carbocycles. The van der Waals surface area contributed by atoms with Gasteiger partial charge >= 0.3 is 0 Å². The fourth-order valence-corrected chi connectivity index (χ4v) is 3.63. The van der Waals surface area contributed by atoms with Crippen molar-refractivity contribution < 1.29 is 4.74 Å². The Morgan fingerprint density at radius 2 is 2.12 bits per heavy atom. The Morgan fingerprint density at radius 1 is 1.25 bits per heavy atom. The van der Waals surface area contributed by atoms with Crippen LogP contribution in [0.4, 0.5) is 0 Å². The van der Waals surface area contributed by atoms with Crippen LogP contribution in [-0.2, 0) is 13.2 Å². The van der Waals surface area contributed by atoms with Crippen LogP contribution >= 0.6 is 11.6 Å². The molecule has 0 N–H and O–H groups in total. The van der Waals surface area contributed by atoms with Crippen molar-refractivity contribution in [1.29, 1.82) is 0 Å². The lowest BCUT2D eigenvalue weighted by Crippen LogP contribution is -2.41. The topological polar surface area (TPSA) is 56.1 Å². The summed E-state index contributed by atoms with van der Waals surface area (Å²) >= 11 is 5.93. The summed E-state index contributed by atoms with van der Waals surface area (Å²) in [5.74, 6) is 3.43. The molecule has 0 amide bonds. The quantitative estimate of drug-likeness (QED) is 0.832. The third-order valence-corrected chi connectivity index (χ3v) is 5.36. The SMILES string of the molecule is CC1c2nnc(COc3cncc(Cl)c3)n2CCN1CC1CCC1. The zero-order valence-electron chi connectivity index (χ0n) is 13.9. The summed E-state index contributed by atoms with van der Waals surface area (Å²) in [6.45, 7) is 5.77. The minimum atomic E-state index is 0.313. The monoisotopic (exact) mass is 347 g/mol. The number of pyridine rings is 1. The molecule has 128 valence electrons. The molecule has 3 heterocycles. The van der Waals surface area contributed by atoms with E-state index in [0.29, 0.717) is 23.4 Å². The number of hydrogen-bond donors (Lipinski definition) is 0. The third-order valence-electron chi connectivity index (χ3n) is 5.15. The van der Waals surface area contributed by atoms with E-state index in [0.717, 1.165) is 30.7 Å². The molecule has 0 bridgehead atoms. The Morgan fingerprint density at radius 3 is 2.88 bits per heavy atom. The van der Waals surface area contributed by atoms with Crippen molar-refractivity contribution in [1.82, 2.24) is 24.6 Å². The molecule has 6 nitrogen and oxygen atoms in total. The Labute approximate surface area is 146 Å². The maximum absolute atomic E-state index is 5.93. The van der Waals surface area contributed by atoms with E-state index in [9.17, 15) is 0 Å². The van der Waals surface area contributed by atoms with Crippen LogP contribution in [-0.4, -0.2) is 37.7 Å². The number of halogens is 1. The van der Waals surface area contributed by atoms with E-state index in [1.165, 1.54) is 25.8 Å². The van der Waals surface area contributed by atoms with Gasteiger partial charge in [-0.2, -0.15) is 0 Å². The molecule has 24 heavy (non-hydrogen) atoms. The molecule has 1 atom stereocenters. The van der Waals surface area contributed by atoms with Crippen molar-refractivity contribution >= 4 is 11.6 Å². The Hall–Kier alpha value is -1.66. The van der Waals surface area contributed by atoms with Gasteiger partial charge in [0, 0.05) is 31.9 Å². The first-order chi connectivity index (χ1) is 11.7. The van der Waals surface area contributed by atoms with Crippen LogP contribution in [0, 0.1) is 5.92 Å². The van der Waals surface area contributed by atoms with Crippen molar-refractivity contribution in [2.45, 2.75) is 45.4 Å². The molecular weight excluding hydrogens is 326 g/mol. The van der Waals surface area contributed by atoms with Gasteiger partial charge in [-0.15, -0.1) is 10.2 Å². The number of ether oxygens (including phenoxy) is 1. The first-order valence-corrected chi connectivity index (χ1v) is 8.98. The van der Waals surface area contributed by atoms with Gasteiger partial charge in [-0.05, 0) is 25.7 Å². The summed E-state index contributed by atoms with van der Waals surface area (Å²) in [6.07, 6.45) is 7.39. The van der Waals surface area contributed by atoms with E-state index in [2.05, 4.69) is 31.6 Å².